The van der Waals surface area contributed by atoms with Crippen LogP contribution in [0.1, 0.15) is 36.1 Å². The molecular weight excluding hydrogens is 441 g/mol. The summed E-state index contributed by atoms with van der Waals surface area (Å²) in [5.41, 5.74) is 1.78. The predicted octanol–water partition coefficient (Wildman–Crippen LogP) is 2.01. The van der Waals surface area contributed by atoms with E-state index in [2.05, 4.69) is 38.7 Å². The Balaban J connectivity index is 0.00000243. The SMILES string of the molecule is CCc1nc2n(n1)CC(NC(=NC)NCc1ccc(C#N)cc1)CC2.I. The van der Waals surface area contributed by atoms with Gasteiger partial charge < -0.3 is 10.6 Å². The second kappa shape index (κ2) is 9.52. The van der Waals surface area contributed by atoms with Crippen LogP contribution >= 0.6 is 24.0 Å². The molecular formula is C18H24IN7. The molecule has 1 atom stereocenters. The zero-order valence-electron chi connectivity index (χ0n) is 15.1. The Morgan fingerprint density at radius 3 is 2.81 bits per heavy atom. The lowest BCUT2D eigenvalue weighted by molar-refractivity contribution is 0.392. The van der Waals surface area contributed by atoms with Crippen molar-refractivity contribution in [2.24, 2.45) is 4.99 Å². The van der Waals surface area contributed by atoms with Crippen LogP contribution in [0.4, 0.5) is 0 Å². The molecule has 0 fully saturated rings. The minimum absolute atomic E-state index is 0. The van der Waals surface area contributed by atoms with Gasteiger partial charge in [-0.05, 0) is 24.1 Å². The first-order valence-corrected chi connectivity index (χ1v) is 8.60. The van der Waals surface area contributed by atoms with Crippen molar-refractivity contribution in [2.45, 2.75) is 45.3 Å². The van der Waals surface area contributed by atoms with Crippen LogP contribution in [0.15, 0.2) is 29.3 Å². The third-order valence-electron chi connectivity index (χ3n) is 4.33. The topological polar surface area (TPSA) is 90.9 Å². The van der Waals surface area contributed by atoms with E-state index in [0.29, 0.717) is 12.1 Å². The Kier molecular flexibility index (Phi) is 7.38. The number of halogens is 1. The van der Waals surface area contributed by atoms with Crippen LogP contribution in [0.3, 0.4) is 0 Å². The van der Waals surface area contributed by atoms with Gasteiger partial charge in [0.15, 0.2) is 11.8 Å². The van der Waals surface area contributed by atoms with Gasteiger partial charge >= 0.3 is 0 Å². The van der Waals surface area contributed by atoms with Gasteiger partial charge in [-0.25, -0.2) is 9.67 Å². The quantitative estimate of drug-likeness (QED) is 0.410. The summed E-state index contributed by atoms with van der Waals surface area (Å²) in [5, 5.41) is 20.2. The monoisotopic (exact) mass is 465 g/mol. The summed E-state index contributed by atoms with van der Waals surface area (Å²) in [4.78, 5) is 8.85. The number of aryl methyl sites for hydroxylation is 2. The summed E-state index contributed by atoms with van der Waals surface area (Å²) in [6, 6.07) is 9.97. The van der Waals surface area contributed by atoms with E-state index in [1.807, 2.05) is 28.9 Å². The van der Waals surface area contributed by atoms with Crippen molar-refractivity contribution in [2.75, 3.05) is 7.05 Å². The molecule has 1 aromatic heterocycles. The van der Waals surface area contributed by atoms with Crippen LogP contribution in [-0.2, 0) is 25.9 Å². The lowest BCUT2D eigenvalue weighted by Crippen LogP contribution is -2.46. The number of aliphatic imine (C=N–C) groups is 1. The Bertz CT molecular complexity index is 789. The summed E-state index contributed by atoms with van der Waals surface area (Å²) >= 11 is 0. The number of hydrogen-bond acceptors (Lipinski definition) is 4. The smallest absolute Gasteiger partial charge is 0.191 e. The van der Waals surface area contributed by atoms with Gasteiger partial charge in [0.2, 0.25) is 0 Å². The van der Waals surface area contributed by atoms with Gasteiger partial charge in [-0.1, -0.05) is 19.1 Å². The lowest BCUT2D eigenvalue weighted by atomic mass is 10.1. The van der Waals surface area contributed by atoms with Gasteiger partial charge in [-0.3, -0.25) is 4.99 Å². The van der Waals surface area contributed by atoms with E-state index in [-0.39, 0.29) is 30.0 Å². The Hall–Kier alpha value is -2.15. The molecule has 3 rings (SSSR count). The number of nitrogens with zero attached hydrogens (tertiary/aromatic N) is 5. The van der Waals surface area contributed by atoms with Crippen molar-refractivity contribution >= 4 is 29.9 Å². The highest BCUT2D eigenvalue weighted by Gasteiger charge is 2.21. The summed E-state index contributed by atoms with van der Waals surface area (Å²) < 4.78 is 2.01. The number of nitriles is 1. The Morgan fingerprint density at radius 2 is 2.15 bits per heavy atom. The fourth-order valence-electron chi connectivity index (χ4n) is 2.90. The molecule has 0 aliphatic carbocycles. The van der Waals surface area contributed by atoms with Crippen molar-refractivity contribution < 1.29 is 0 Å². The maximum atomic E-state index is 8.85. The molecule has 2 heterocycles. The molecule has 1 aliphatic heterocycles. The van der Waals surface area contributed by atoms with Gasteiger partial charge in [-0.2, -0.15) is 10.4 Å². The second-order valence-electron chi connectivity index (χ2n) is 6.09. The number of fused-ring (bicyclic) bond motifs is 1. The molecule has 0 bridgehead atoms. The van der Waals surface area contributed by atoms with Gasteiger partial charge in [-0.15, -0.1) is 24.0 Å². The Morgan fingerprint density at radius 1 is 1.38 bits per heavy atom. The average Bonchev–Trinajstić information content (AvgIpc) is 3.08. The summed E-state index contributed by atoms with van der Waals surface area (Å²) in [5.74, 6) is 2.77. The lowest BCUT2D eigenvalue weighted by Gasteiger charge is -2.25. The largest absolute Gasteiger partial charge is 0.352 e. The molecule has 1 unspecified atom stereocenters. The molecule has 7 nitrogen and oxygen atoms in total. The molecule has 0 saturated carbocycles. The zero-order valence-corrected chi connectivity index (χ0v) is 17.4. The normalized spacial score (nSPS) is 16.2. The van der Waals surface area contributed by atoms with Crippen molar-refractivity contribution in [1.29, 1.82) is 5.26 Å². The first kappa shape index (κ1) is 20.2. The molecule has 0 spiro atoms. The minimum atomic E-state index is 0. The Labute approximate surface area is 170 Å². The first-order chi connectivity index (χ1) is 12.2. The highest BCUT2D eigenvalue weighted by atomic mass is 127. The molecule has 1 aromatic carbocycles. The number of rotatable bonds is 4. The van der Waals surface area contributed by atoms with Crippen molar-refractivity contribution in [3.63, 3.8) is 0 Å². The molecule has 0 amide bonds. The standard InChI is InChI=1S/C18H23N7.HI/c1-3-16-23-17-9-8-15(12-25(17)24-16)22-18(20-2)21-11-14-6-4-13(10-19)5-7-14;/h4-7,15H,3,8-9,11-12H2,1-2H3,(H2,20,21,22);1H. The number of hydrogen-bond donors (Lipinski definition) is 2. The maximum Gasteiger partial charge on any atom is 0.191 e. The van der Waals surface area contributed by atoms with Crippen molar-refractivity contribution in [3.05, 3.63) is 47.0 Å². The molecule has 1 aliphatic rings. The van der Waals surface area contributed by atoms with Crippen LogP contribution in [0.25, 0.3) is 0 Å². The average molecular weight is 465 g/mol. The molecule has 0 radical (unpaired) electrons. The van der Waals surface area contributed by atoms with E-state index in [0.717, 1.165) is 49.0 Å². The predicted molar refractivity (Wildman–Crippen MR) is 111 cm³/mol. The van der Waals surface area contributed by atoms with Crippen molar-refractivity contribution in [1.82, 2.24) is 25.4 Å². The number of benzene rings is 1. The molecule has 8 heteroatoms. The third-order valence-corrected chi connectivity index (χ3v) is 4.33. The number of aromatic nitrogens is 3. The van der Waals surface area contributed by atoms with Crippen LogP contribution < -0.4 is 10.6 Å². The fraction of sp³-hybridized carbons (Fsp3) is 0.444. The van der Waals surface area contributed by atoms with E-state index >= 15 is 0 Å². The van der Waals surface area contributed by atoms with Crippen LogP contribution in [-0.4, -0.2) is 33.8 Å². The molecule has 0 saturated heterocycles. The first-order valence-electron chi connectivity index (χ1n) is 8.60. The van der Waals surface area contributed by atoms with Gasteiger partial charge in [0.05, 0.1) is 18.2 Å². The van der Waals surface area contributed by atoms with Gasteiger partial charge in [0, 0.05) is 32.5 Å². The summed E-state index contributed by atoms with van der Waals surface area (Å²) in [6.45, 7) is 3.54. The van der Waals surface area contributed by atoms with Gasteiger partial charge in [0.25, 0.3) is 0 Å². The molecule has 138 valence electrons. The minimum Gasteiger partial charge on any atom is -0.352 e. The molecule has 26 heavy (non-hydrogen) atoms. The van der Waals surface area contributed by atoms with E-state index in [1.54, 1.807) is 7.05 Å². The molecule has 2 N–H and O–H groups in total. The second-order valence-corrected chi connectivity index (χ2v) is 6.09. The van der Waals surface area contributed by atoms with E-state index < -0.39 is 0 Å². The summed E-state index contributed by atoms with van der Waals surface area (Å²) in [6.07, 6.45) is 2.81. The maximum absolute atomic E-state index is 8.85. The van der Waals surface area contributed by atoms with Crippen LogP contribution in [0, 0.1) is 11.3 Å². The van der Waals surface area contributed by atoms with Gasteiger partial charge in [0.1, 0.15) is 5.82 Å². The third kappa shape index (κ3) is 4.94. The fourth-order valence-corrected chi connectivity index (χ4v) is 2.90. The van der Waals surface area contributed by atoms with E-state index in [1.165, 1.54) is 0 Å². The summed E-state index contributed by atoms with van der Waals surface area (Å²) in [7, 11) is 1.77. The molecule has 2 aromatic rings. The van der Waals surface area contributed by atoms with E-state index in [9.17, 15) is 0 Å². The highest BCUT2D eigenvalue weighted by Crippen LogP contribution is 2.13. The van der Waals surface area contributed by atoms with Crippen LogP contribution in [0.2, 0.25) is 0 Å². The number of guanidine groups is 1. The highest BCUT2D eigenvalue weighted by molar-refractivity contribution is 14.0. The van der Waals surface area contributed by atoms with Crippen molar-refractivity contribution in [3.8, 4) is 6.07 Å². The number of nitrogens with one attached hydrogen (secondary N) is 2. The van der Waals surface area contributed by atoms with E-state index in [4.69, 9.17) is 5.26 Å². The van der Waals surface area contributed by atoms with Crippen LogP contribution in [0.5, 0.6) is 0 Å². The zero-order chi connectivity index (χ0) is 17.6.